The smallest absolute Gasteiger partial charge is 0.255 e. The molecule has 0 radical (unpaired) electrons. The highest BCUT2D eigenvalue weighted by molar-refractivity contribution is 5.96. The number of rotatable bonds is 5. The average molecular weight is 236 g/mol. The Morgan fingerprint density at radius 2 is 2.06 bits per heavy atom. The summed E-state index contributed by atoms with van der Waals surface area (Å²) in [5, 5.41) is 12.3. The van der Waals surface area contributed by atoms with Gasteiger partial charge in [-0.1, -0.05) is 26.0 Å². The molecular weight excluding hydrogens is 216 g/mol. The van der Waals surface area contributed by atoms with Crippen molar-refractivity contribution in [1.82, 2.24) is 5.32 Å². The summed E-state index contributed by atoms with van der Waals surface area (Å²) in [7, 11) is 0. The van der Waals surface area contributed by atoms with Gasteiger partial charge in [-0.25, -0.2) is 0 Å². The van der Waals surface area contributed by atoms with Crippen molar-refractivity contribution in [3.05, 3.63) is 29.8 Å². The van der Waals surface area contributed by atoms with Crippen LogP contribution in [0, 0.1) is 5.41 Å². The standard InChI is InChI=1S/C13H20N2O2/c1-13(2,7-8-14)9-15-12(17)10-5-3-4-6-11(10)16/h3-6,16H,7-9,14H2,1-2H3,(H,15,17). The van der Waals surface area contributed by atoms with Crippen molar-refractivity contribution < 1.29 is 9.90 Å². The number of hydrogen-bond donors (Lipinski definition) is 3. The van der Waals surface area contributed by atoms with Crippen molar-refractivity contribution in [2.75, 3.05) is 13.1 Å². The number of carbonyl (C=O) groups excluding carboxylic acids is 1. The molecule has 0 spiro atoms. The molecule has 1 rings (SSSR count). The second-order valence-electron chi connectivity index (χ2n) is 4.90. The summed E-state index contributed by atoms with van der Waals surface area (Å²) in [4.78, 5) is 11.8. The molecule has 0 aliphatic carbocycles. The van der Waals surface area contributed by atoms with E-state index < -0.39 is 0 Å². The second kappa shape index (κ2) is 5.68. The lowest BCUT2D eigenvalue weighted by atomic mass is 9.89. The van der Waals surface area contributed by atoms with Crippen molar-refractivity contribution in [3.63, 3.8) is 0 Å². The molecule has 4 heteroatoms. The Labute approximate surface area is 102 Å². The number of nitrogens with one attached hydrogen (secondary N) is 1. The lowest BCUT2D eigenvalue weighted by Crippen LogP contribution is -2.35. The van der Waals surface area contributed by atoms with Crippen molar-refractivity contribution >= 4 is 5.91 Å². The molecule has 0 saturated carbocycles. The third-order valence-electron chi connectivity index (χ3n) is 2.70. The maximum absolute atomic E-state index is 11.8. The number of carbonyl (C=O) groups is 1. The molecule has 94 valence electrons. The number of hydrogen-bond acceptors (Lipinski definition) is 3. The Bertz CT molecular complexity index is 389. The number of amides is 1. The van der Waals surface area contributed by atoms with Gasteiger partial charge in [0.05, 0.1) is 5.56 Å². The summed E-state index contributed by atoms with van der Waals surface area (Å²) < 4.78 is 0. The first-order chi connectivity index (χ1) is 7.96. The van der Waals surface area contributed by atoms with Gasteiger partial charge in [0.25, 0.3) is 5.91 Å². The number of benzene rings is 1. The van der Waals surface area contributed by atoms with E-state index in [4.69, 9.17) is 5.73 Å². The quantitative estimate of drug-likeness (QED) is 0.725. The highest BCUT2D eigenvalue weighted by atomic mass is 16.3. The van der Waals surface area contributed by atoms with Crippen LogP contribution >= 0.6 is 0 Å². The minimum Gasteiger partial charge on any atom is -0.507 e. The fraction of sp³-hybridized carbons (Fsp3) is 0.462. The van der Waals surface area contributed by atoms with Crippen LogP contribution in [0.1, 0.15) is 30.6 Å². The molecule has 0 unspecified atom stereocenters. The van der Waals surface area contributed by atoms with Gasteiger partial charge in [-0.15, -0.1) is 0 Å². The number of phenolic OH excluding ortho intramolecular Hbond substituents is 1. The predicted octanol–water partition coefficient (Wildman–Crippen LogP) is 1.50. The van der Waals surface area contributed by atoms with Crippen LogP contribution < -0.4 is 11.1 Å². The molecule has 0 aliphatic rings. The lowest BCUT2D eigenvalue weighted by Gasteiger charge is -2.24. The third kappa shape index (κ3) is 4.07. The monoisotopic (exact) mass is 236 g/mol. The maximum atomic E-state index is 11.8. The Kier molecular flexibility index (Phi) is 4.52. The Hall–Kier alpha value is -1.55. The van der Waals surface area contributed by atoms with Crippen molar-refractivity contribution in [2.45, 2.75) is 20.3 Å². The molecular formula is C13H20N2O2. The molecule has 0 aliphatic heterocycles. The summed E-state index contributed by atoms with van der Waals surface area (Å²) in [6, 6.07) is 6.50. The molecule has 0 saturated heterocycles. The molecule has 0 atom stereocenters. The summed E-state index contributed by atoms with van der Waals surface area (Å²) in [5.74, 6) is -0.255. The zero-order valence-corrected chi connectivity index (χ0v) is 10.4. The maximum Gasteiger partial charge on any atom is 0.255 e. The van der Waals surface area contributed by atoms with Crippen LogP contribution in [0.5, 0.6) is 5.75 Å². The number of phenols is 1. The Morgan fingerprint density at radius 1 is 1.41 bits per heavy atom. The van der Waals surface area contributed by atoms with Gasteiger partial charge in [0.15, 0.2) is 0 Å². The van der Waals surface area contributed by atoms with Crippen LogP contribution in [-0.2, 0) is 0 Å². The molecule has 4 N–H and O–H groups in total. The van der Waals surface area contributed by atoms with Crippen molar-refractivity contribution in [2.24, 2.45) is 11.1 Å². The average Bonchev–Trinajstić information content (AvgIpc) is 2.27. The van der Waals surface area contributed by atoms with Crippen LogP contribution in [0.2, 0.25) is 0 Å². The molecule has 0 fully saturated rings. The van der Waals surface area contributed by atoms with Gasteiger partial charge < -0.3 is 16.2 Å². The van der Waals surface area contributed by atoms with E-state index in [1.807, 2.05) is 13.8 Å². The lowest BCUT2D eigenvalue weighted by molar-refractivity contribution is 0.0932. The first-order valence-corrected chi connectivity index (χ1v) is 5.72. The normalized spacial score (nSPS) is 11.2. The van der Waals surface area contributed by atoms with E-state index in [2.05, 4.69) is 5.32 Å². The minimum atomic E-state index is -0.256. The van der Waals surface area contributed by atoms with Gasteiger partial charge in [0, 0.05) is 6.54 Å². The zero-order valence-electron chi connectivity index (χ0n) is 10.4. The first-order valence-electron chi connectivity index (χ1n) is 5.72. The summed E-state index contributed by atoms with van der Waals surface area (Å²) in [6.45, 7) is 5.23. The number of aromatic hydroxyl groups is 1. The second-order valence-corrected chi connectivity index (χ2v) is 4.90. The third-order valence-corrected chi connectivity index (χ3v) is 2.70. The van der Waals surface area contributed by atoms with Crippen LogP contribution in [0.15, 0.2) is 24.3 Å². The van der Waals surface area contributed by atoms with Crippen LogP contribution in [0.3, 0.4) is 0 Å². The van der Waals surface area contributed by atoms with E-state index in [0.29, 0.717) is 18.7 Å². The molecule has 1 aromatic rings. The van der Waals surface area contributed by atoms with Gasteiger partial charge in [0.1, 0.15) is 5.75 Å². The van der Waals surface area contributed by atoms with Crippen LogP contribution in [0.25, 0.3) is 0 Å². The topological polar surface area (TPSA) is 75.3 Å². The molecule has 17 heavy (non-hydrogen) atoms. The highest BCUT2D eigenvalue weighted by Crippen LogP contribution is 2.19. The van der Waals surface area contributed by atoms with Gasteiger partial charge >= 0.3 is 0 Å². The minimum absolute atomic E-state index is 0.00151. The van der Waals surface area contributed by atoms with Crippen molar-refractivity contribution in [1.29, 1.82) is 0 Å². The molecule has 0 heterocycles. The van der Waals surface area contributed by atoms with Crippen molar-refractivity contribution in [3.8, 4) is 5.75 Å². The van der Waals surface area contributed by atoms with E-state index in [9.17, 15) is 9.90 Å². The highest BCUT2D eigenvalue weighted by Gasteiger charge is 2.19. The molecule has 4 nitrogen and oxygen atoms in total. The fourth-order valence-corrected chi connectivity index (χ4v) is 1.56. The number of para-hydroxylation sites is 1. The van der Waals surface area contributed by atoms with Crippen LogP contribution in [-0.4, -0.2) is 24.1 Å². The summed E-state index contributed by atoms with van der Waals surface area (Å²) in [6.07, 6.45) is 0.841. The number of nitrogens with two attached hydrogens (primary N) is 1. The Morgan fingerprint density at radius 3 is 2.65 bits per heavy atom. The van der Waals surface area contributed by atoms with Gasteiger partial charge in [-0.05, 0) is 30.5 Å². The first kappa shape index (κ1) is 13.5. The van der Waals surface area contributed by atoms with E-state index in [1.165, 1.54) is 6.07 Å². The van der Waals surface area contributed by atoms with Gasteiger partial charge in [0.2, 0.25) is 0 Å². The summed E-state index contributed by atoms with van der Waals surface area (Å²) in [5.41, 5.74) is 5.77. The van der Waals surface area contributed by atoms with E-state index >= 15 is 0 Å². The zero-order chi connectivity index (χ0) is 12.9. The SMILES string of the molecule is CC(C)(CCN)CNC(=O)c1ccccc1O. The van der Waals surface area contributed by atoms with Crippen LogP contribution in [0.4, 0.5) is 0 Å². The van der Waals surface area contributed by atoms with Gasteiger partial charge in [-0.3, -0.25) is 4.79 Å². The summed E-state index contributed by atoms with van der Waals surface area (Å²) >= 11 is 0. The van der Waals surface area contributed by atoms with Gasteiger partial charge in [-0.2, -0.15) is 0 Å². The molecule has 0 aromatic heterocycles. The van der Waals surface area contributed by atoms with E-state index in [0.717, 1.165) is 6.42 Å². The molecule has 1 aromatic carbocycles. The predicted molar refractivity (Wildman–Crippen MR) is 67.9 cm³/mol. The molecule has 0 bridgehead atoms. The molecule has 1 amide bonds. The van der Waals surface area contributed by atoms with E-state index in [1.54, 1.807) is 18.2 Å². The van der Waals surface area contributed by atoms with E-state index in [-0.39, 0.29) is 17.1 Å². The fourth-order valence-electron chi connectivity index (χ4n) is 1.56. The Balaban J connectivity index is 2.59. The largest absolute Gasteiger partial charge is 0.507 e.